The molecule has 2 aliphatic rings. The van der Waals surface area contributed by atoms with Crippen LogP contribution in [0.2, 0.25) is 0 Å². The van der Waals surface area contributed by atoms with E-state index in [1.807, 2.05) is 36.4 Å². The van der Waals surface area contributed by atoms with Crippen LogP contribution in [0, 0.1) is 16.7 Å². The highest BCUT2D eigenvalue weighted by atomic mass is 35.5. The Kier molecular flexibility index (Phi) is 5.15. The monoisotopic (exact) mass is 298 g/mol. The van der Waals surface area contributed by atoms with Crippen LogP contribution in [0.4, 0.5) is 0 Å². The highest BCUT2D eigenvalue weighted by molar-refractivity contribution is 6.06. The quantitative estimate of drug-likeness (QED) is 0.753. The molecule has 1 aliphatic heterocycles. The number of halogens is 2. The van der Waals surface area contributed by atoms with Crippen molar-refractivity contribution in [2.45, 2.75) is 18.9 Å². The van der Waals surface area contributed by atoms with Crippen molar-refractivity contribution in [3.05, 3.63) is 35.9 Å². The first-order valence-corrected chi connectivity index (χ1v) is 5.81. The summed E-state index contributed by atoms with van der Waals surface area (Å²) in [5, 5.41) is 15.7. The van der Waals surface area contributed by atoms with Gasteiger partial charge in [-0.1, -0.05) is 30.4 Å². The molecular formula is C14H16Cl2N2O. The van der Waals surface area contributed by atoms with Gasteiger partial charge in [-0.3, -0.25) is 0 Å². The van der Waals surface area contributed by atoms with Crippen molar-refractivity contribution in [1.82, 2.24) is 0 Å². The minimum atomic E-state index is -0.0800. The molecule has 2 atom stereocenters. The van der Waals surface area contributed by atoms with E-state index in [1.54, 1.807) is 0 Å². The van der Waals surface area contributed by atoms with Gasteiger partial charge < -0.3 is 15.6 Å². The van der Waals surface area contributed by atoms with Gasteiger partial charge in [0.05, 0.1) is 5.92 Å². The molecule has 0 spiro atoms. The summed E-state index contributed by atoms with van der Waals surface area (Å²) in [5.74, 6) is 0.884. The highest BCUT2D eigenvalue weighted by Gasteiger charge is 2.33. The van der Waals surface area contributed by atoms with Gasteiger partial charge in [-0.15, -0.1) is 24.8 Å². The zero-order valence-corrected chi connectivity index (χ0v) is 11.9. The van der Waals surface area contributed by atoms with E-state index >= 15 is 0 Å². The van der Waals surface area contributed by atoms with Gasteiger partial charge in [0, 0.05) is 29.8 Å². The summed E-state index contributed by atoms with van der Waals surface area (Å²) in [6.45, 7) is 0. The lowest BCUT2D eigenvalue weighted by Crippen LogP contribution is -2.38. The molecule has 1 heterocycles. The Balaban J connectivity index is 0.000000902. The number of rotatable bonds is 0. The molecule has 3 nitrogen and oxygen atoms in total. The van der Waals surface area contributed by atoms with E-state index in [-0.39, 0.29) is 36.8 Å². The predicted octanol–water partition coefficient (Wildman–Crippen LogP) is 3.75. The van der Waals surface area contributed by atoms with Crippen molar-refractivity contribution in [3.63, 3.8) is 0 Å². The zero-order chi connectivity index (χ0) is 11.8. The molecule has 19 heavy (non-hydrogen) atoms. The minimum absolute atomic E-state index is 0. The summed E-state index contributed by atoms with van der Waals surface area (Å²) >= 11 is 0. The largest absolute Gasteiger partial charge is 0.488 e. The number of hydrogen-bond donors (Lipinski definition) is 2. The Labute approximate surface area is 124 Å². The topological polar surface area (TPSA) is 56.9 Å². The molecule has 2 unspecified atom stereocenters. The molecule has 1 aliphatic carbocycles. The average molecular weight is 299 g/mol. The van der Waals surface area contributed by atoms with Crippen LogP contribution in [-0.2, 0) is 0 Å². The summed E-state index contributed by atoms with van der Waals surface area (Å²) < 4.78 is 5.96. The van der Waals surface area contributed by atoms with Crippen molar-refractivity contribution < 1.29 is 4.74 Å². The molecule has 1 aromatic carbocycles. The van der Waals surface area contributed by atoms with Crippen LogP contribution in [0.25, 0.3) is 6.08 Å². The highest BCUT2D eigenvalue weighted by Crippen LogP contribution is 2.32. The van der Waals surface area contributed by atoms with Crippen molar-refractivity contribution in [2.24, 2.45) is 5.92 Å². The van der Waals surface area contributed by atoms with E-state index in [2.05, 4.69) is 0 Å². The number of benzene rings is 1. The lowest BCUT2D eigenvalue weighted by molar-refractivity contribution is 0.187. The number of fused-ring (bicyclic) bond motifs is 2. The Morgan fingerprint density at radius 2 is 1.84 bits per heavy atom. The second kappa shape index (κ2) is 6.22. The third-order valence-corrected chi connectivity index (χ3v) is 3.33. The van der Waals surface area contributed by atoms with Crippen LogP contribution in [0.5, 0.6) is 5.75 Å². The molecular weight excluding hydrogens is 283 g/mol. The van der Waals surface area contributed by atoms with Crippen molar-refractivity contribution in [3.8, 4) is 5.75 Å². The molecule has 1 aromatic rings. The Bertz CT molecular complexity index is 528. The normalized spacial score (nSPS) is 24.0. The third-order valence-electron chi connectivity index (χ3n) is 3.33. The zero-order valence-electron chi connectivity index (χ0n) is 10.3. The van der Waals surface area contributed by atoms with Crippen molar-refractivity contribution in [1.29, 1.82) is 10.8 Å². The fourth-order valence-corrected chi connectivity index (χ4v) is 2.47. The lowest BCUT2D eigenvalue weighted by Gasteiger charge is -2.30. The van der Waals surface area contributed by atoms with Gasteiger partial charge in [-0.05, 0) is 6.07 Å². The summed E-state index contributed by atoms with van der Waals surface area (Å²) in [4.78, 5) is 0. The van der Waals surface area contributed by atoms with E-state index in [9.17, 15) is 0 Å². The number of hydrogen-bond acceptors (Lipinski definition) is 3. The van der Waals surface area contributed by atoms with E-state index in [0.29, 0.717) is 24.3 Å². The van der Waals surface area contributed by atoms with Crippen LogP contribution >= 0.6 is 24.8 Å². The number of para-hydroxylation sites is 1. The second-order valence-corrected chi connectivity index (χ2v) is 4.59. The van der Waals surface area contributed by atoms with Crippen molar-refractivity contribution >= 4 is 42.3 Å². The molecule has 1 saturated carbocycles. The third kappa shape index (κ3) is 2.99. The first-order valence-electron chi connectivity index (χ1n) is 5.81. The maximum absolute atomic E-state index is 7.98. The van der Waals surface area contributed by atoms with Gasteiger partial charge in [0.25, 0.3) is 0 Å². The number of ether oxygens (including phenoxy) is 1. The first kappa shape index (κ1) is 15.7. The van der Waals surface area contributed by atoms with Gasteiger partial charge in [0.2, 0.25) is 0 Å². The maximum atomic E-state index is 7.98. The van der Waals surface area contributed by atoms with Gasteiger partial charge in [0.15, 0.2) is 0 Å². The Hall–Kier alpha value is -1.32. The lowest BCUT2D eigenvalue weighted by atomic mass is 9.83. The fourth-order valence-electron chi connectivity index (χ4n) is 2.47. The maximum Gasteiger partial charge on any atom is 0.126 e. The predicted molar refractivity (Wildman–Crippen MR) is 82.6 cm³/mol. The summed E-state index contributed by atoms with van der Waals surface area (Å²) in [7, 11) is 0. The van der Waals surface area contributed by atoms with E-state index in [4.69, 9.17) is 15.6 Å². The molecule has 0 amide bonds. The molecule has 0 aromatic heterocycles. The summed E-state index contributed by atoms with van der Waals surface area (Å²) in [6.07, 6.45) is 5.12. The van der Waals surface area contributed by atoms with E-state index in [1.165, 1.54) is 0 Å². The van der Waals surface area contributed by atoms with Crippen LogP contribution in [0.1, 0.15) is 18.4 Å². The van der Waals surface area contributed by atoms with Crippen LogP contribution in [0.3, 0.4) is 0 Å². The number of nitrogens with one attached hydrogen (secondary N) is 2. The van der Waals surface area contributed by atoms with Gasteiger partial charge in [-0.25, -0.2) is 0 Å². The molecule has 2 N–H and O–H groups in total. The van der Waals surface area contributed by atoms with E-state index in [0.717, 1.165) is 11.3 Å². The van der Waals surface area contributed by atoms with Crippen LogP contribution in [0.15, 0.2) is 30.3 Å². The first-order chi connectivity index (χ1) is 8.24. The SMILES string of the molecule is Cl.Cl.N=C1CC(=N)C2C=Cc3ccccc3OC2C1. The average Bonchev–Trinajstić information content (AvgIpc) is 2.47. The van der Waals surface area contributed by atoms with Crippen LogP contribution in [-0.4, -0.2) is 17.5 Å². The molecule has 0 bridgehead atoms. The Morgan fingerprint density at radius 1 is 1.11 bits per heavy atom. The van der Waals surface area contributed by atoms with Gasteiger partial charge in [-0.2, -0.15) is 0 Å². The molecule has 5 heteroatoms. The van der Waals surface area contributed by atoms with Gasteiger partial charge >= 0.3 is 0 Å². The van der Waals surface area contributed by atoms with Crippen LogP contribution < -0.4 is 4.74 Å². The van der Waals surface area contributed by atoms with Gasteiger partial charge in [0.1, 0.15) is 11.9 Å². The smallest absolute Gasteiger partial charge is 0.126 e. The summed E-state index contributed by atoms with van der Waals surface area (Å²) in [5.41, 5.74) is 2.25. The standard InChI is InChI=1S/C14H14N2O.2ClH/c15-10-7-12(16)11-6-5-9-3-1-2-4-13(9)17-14(11)8-10;;/h1-6,11,14-16H,7-8H2;2*1H. The Morgan fingerprint density at radius 3 is 2.63 bits per heavy atom. The molecule has 1 fully saturated rings. The van der Waals surface area contributed by atoms with E-state index < -0.39 is 0 Å². The molecule has 102 valence electrons. The molecule has 3 rings (SSSR count). The molecule has 0 saturated heterocycles. The summed E-state index contributed by atoms with van der Waals surface area (Å²) in [6, 6.07) is 7.89. The minimum Gasteiger partial charge on any atom is -0.488 e. The second-order valence-electron chi connectivity index (χ2n) is 4.59. The van der Waals surface area contributed by atoms with Crippen molar-refractivity contribution in [2.75, 3.05) is 0 Å². The fraction of sp³-hybridized carbons (Fsp3) is 0.286. The molecule has 0 radical (unpaired) electrons.